The van der Waals surface area contributed by atoms with Gasteiger partial charge in [-0.25, -0.2) is 13.4 Å². The standard InChI is InChI=1S/C18H21F3N4O4S/c1-13-22-16(12-23(13)2)30(27,28)25-9-5-8-24(10-11-25)17(26)14-6-3-4-7-15(14)29-18(19,20)21/h3-4,6-7,12H,5,8-11H2,1-2H3. The molecule has 1 amide bonds. The van der Waals surface area contributed by atoms with Crippen LogP contribution in [0.4, 0.5) is 13.2 Å². The zero-order chi connectivity index (χ0) is 22.1. The van der Waals surface area contributed by atoms with E-state index in [0.717, 1.165) is 6.07 Å². The summed E-state index contributed by atoms with van der Waals surface area (Å²) in [5, 5.41) is -0.0776. The summed E-state index contributed by atoms with van der Waals surface area (Å²) in [6.07, 6.45) is -3.18. The number of hydrogen-bond donors (Lipinski definition) is 0. The molecule has 0 saturated carbocycles. The number of aromatic nitrogens is 2. The summed E-state index contributed by atoms with van der Waals surface area (Å²) in [5.74, 6) is -0.697. The van der Waals surface area contributed by atoms with E-state index in [4.69, 9.17) is 0 Å². The van der Waals surface area contributed by atoms with Crippen LogP contribution in [0.1, 0.15) is 22.6 Å². The Bertz CT molecular complexity index is 1020. The van der Waals surface area contributed by atoms with Gasteiger partial charge in [0.05, 0.1) is 5.56 Å². The van der Waals surface area contributed by atoms with Crippen molar-refractivity contribution in [3.63, 3.8) is 0 Å². The van der Waals surface area contributed by atoms with Crippen molar-refractivity contribution in [1.29, 1.82) is 0 Å². The van der Waals surface area contributed by atoms with Crippen molar-refractivity contribution in [2.45, 2.75) is 24.7 Å². The highest BCUT2D eigenvalue weighted by atomic mass is 32.2. The molecule has 2 aromatic rings. The van der Waals surface area contributed by atoms with E-state index in [9.17, 15) is 26.4 Å². The molecule has 0 spiro atoms. The molecule has 0 bridgehead atoms. The fourth-order valence-corrected chi connectivity index (χ4v) is 4.64. The van der Waals surface area contributed by atoms with Crippen LogP contribution in [0.3, 0.4) is 0 Å². The van der Waals surface area contributed by atoms with Crippen LogP contribution < -0.4 is 4.74 Å². The van der Waals surface area contributed by atoms with Crippen molar-refractivity contribution in [3.05, 3.63) is 41.9 Å². The number of rotatable bonds is 4. The minimum atomic E-state index is -4.93. The van der Waals surface area contributed by atoms with Crippen molar-refractivity contribution >= 4 is 15.9 Å². The molecular formula is C18H21F3N4O4S. The van der Waals surface area contributed by atoms with Crippen LogP contribution in [-0.4, -0.2) is 65.6 Å². The van der Waals surface area contributed by atoms with Crippen LogP contribution >= 0.6 is 0 Å². The quantitative estimate of drug-likeness (QED) is 0.719. The van der Waals surface area contributed by atoms with E-state index in [1.165, 1.54) is 33.6 Å². The molecule has 1 aliphatic heterocycles. The average molecular weight is 446 g/mol. The maximum atomic E-state index is 12.9. The summed E-state index contributed by atoms with van der Waals surface area (Å²) in [4.78, 5) is 18.2. The highest BCUT2D eigenvalue weighted by Crippen LogP contribution is 2.27. The fraction of sp³-hybridized carbons (Fsp3) is 0.444. The Morgan fingerprint density at radius 3 is 2.47 bits per heavy atom. The number of carbonyl (C=O) groups excluding carboxylic acids is 1. The molecule has 1 aromatic heterocycles. The first-order valence-electron chi connectivity index (χ1n) is 9.13. The number of ether oxygens (including phenoxy) is 1. The molecule has 1 saturated heterocycles. The first-order valence-corrected chi connectivity index (χ1v) is 10.6. The molecule has 0 aliphatic carbocycles. The van der Waals surface area contributed by atoms with Crippen molar-refractivity contribution in [2.75, 3.05) is 26.2 Å². The van der Waals surface area contributed by atoms with Crippen LogP contribution in [-0.2, 0) is 17.1 Å². The predicted molar refractivity (Wildman–Crippen MR) is 100 cm³/mol. The van der Waals surface area contributed by atoms with E-state index >= 15 is 0 Å². The van der Waals surface area contributed by atoms with Gasteiger partial charge in [-0.15, -0.1) is 13.2 Å². The van der Waals surface area contributed by atoms with Crippen molar-refractivity contribution in [1.82, 2.24) is 18.8 Å². The second-order valence-electron chi connectivity index (χ2n) is 6.83. The predicted octanol–water partition coefficient (Wildman–Crippen LogP) is 2.16. The summed E-state index contributed by atoms with van der Waals surface area (Å²) >= 11 is 0. The van der Waals surface area contributed by atoms with Gasteiger partial charge in [0.2, 0.25) is 0 Å². The van der Waals surface area contributed by atoms with E-state index in [1.54, 1.807) is 18.5 Å². The molecule has 2 heterocycles. The first-order chi connectivity index (χ1) is 14.0. The van der Waals surface area contributed by atoms with Gasteiger partial charge in [0, 0.05) is 39.4 Å². The normalized spacial score (nSPS) is 16.4. The number of halogens is 3. The molecule has 0 N–H and O–H groups in total. The zero-order valence-corrected chi connectivity index (χ0v) is 17.2. The molecule has 12 heteroatoms. The topological polar surface area (TPSA) is 84.7 Å². The maximum Gasteiger partial charge on any atom is 0.573 e. The van der Waals surface area contributed by atoms with Gasteiger partial charge >= 0.3 is 6.36 Å². The van der Waals surface area contributed by atoms with E-state index in [1.807, 2.05) is 0 Å². The van der Waals surface area contributed by atoms with Crippen LogP contribution in [0, 0.1) is 6.92 Å². The summed E-state index contributed by atoms with van der Waals surface area (Å²) in [6, 6.07) is 5.09. The van der Waals surface area contributed by atoms with E-state index in [-0.39, 0.29) is 36.8 Å². The number of nitrogens with zero attached hydrogens (tertiary/aromatic N) is 4. The highest BCUT2D eigenvalue weighted by Gasteiger charge is 2.34. The van der Waals surface area contributed by atoms with Crippen LogP contribution in [0.15, 0.2) is 35.5 Å². The summed E-state index contributed by atoms with van der Waals surface area (Å²) < 4.78 is 70.4. The van der Waals surface area contributed by atoms with Gasteiger partial charge in [-0.1, -0.05) is 12.1 Å². The van der Waals surface area contributed by atoms with Gasteiger partial charge in [-0.2, -0.15) is 4.31 Å². The van der Waals surface area contributed by atoms with E-state index in [0.29, 0.717) is 12.2 Å². The lowest BCUT2D eigenvalue weighted by Crippen LogP contribution is -2.37. The van der Waals surface area contributed by atoms with Gasteiger partial charge in [0.1, 0.15) is 11.6 Å². The highest BCUT2D eigenvalue weighted by molar-refractivity contribution is 7.89. The molecule has 0 radical (unpaired) electrons. The molecule has 1 aliphatic rings. The van der Waals surface area contributed by atoms with Gasteiger partial charge < -0.3 is 14.2 Å². The summed E-state index contributed by atoms with van der Waals surface area (Å²) in [6.45, 7) is 2.09. The third-order valence-corrected chi connectivity index (χ3v) is 6.55. The first kappa shape index (κ1) is 22.1. The SMILES string of the molecule is Cc1nc(S(=O)(=O)N2CCCN(C(=O)c3ccccc3OC(F)(F)F)CC2)cn1C. The zero-order valence-electron chi connectivity index (χ0n) is 16.4. The summed E-state index contributed by atoms with van der Waals surface area (Å²) in [5.41, 5.74) is -0.230. The average Bonchev–Trinajstić information content (AvgIpc) is 2.87. The fourth-order valence-electron chi connectivity index (χ4n) is 3.15. The van der Waals surface area contributed by atoms with Crippen LogP contribution in [0.5, 0.6) is 5.75 Å². The number of benzene rings is 1. The molecule has 1 fully saturated rings. The lowest BCUT2D eigenvalue weighted by molar-refractivity contribution is -0.274. The van der Waals surface area contributed by atoms with Crippen molar-refractivity contribution in [2.24, 2.45) is 7.05 Å². The Morgan fingerprint density at radius 1 is 1.13 bits per heavy atom. The van der Waals surface area contributed by atoms with Gasteiger partial charge in [0.25, 0.3) is 15.9 Å². The molecule has 0 unspecified atom stereocenters. The Hall–Kier alpha value is -2.60. The molecular weight excluding hydrogens is 425 g/mol. The number of alkyl halides is 3. The number of carbonyl (C=O) groups is 1. The number of amides is 1. The Kier molecular flexibility index (Phi) is 6.09. The molecule has 164 valence electrons. The number of sulfonamides is 1. The molecule has 0 atom stereocenters. The van der Waals surface area contributed by atoms with Crippen LogP contribution in [0.25, 0.3) is 0 Å². The van der Waals surface area contributed by atoms with E-state index < -0.39 is 28.0 Å². The van der Waals surface area contributed by atoms with Gasteiger partial charge in [0.15, 0.2) is 5.03 Å². The van der Waals surface area contributed by atoms with Gasteiger partial charge in [-0.05, 0) is 25.5 Å². The molecule has 8 nitrogen and oxygen atoms in total. The minimum Gasteiger partial charge on any atom is -0.405 e. The molecule has 1 aromatic carbocycles. The molecule has 30 heavy (non-hydrogen) atoms. The van der Waals surface area contributed by atoms with Crippen molar-refractivity contribution < 1.29 is 31.1 Å². The summed E-state index contributed by atoms with van der Waals surface area (Å²) in [7, 11) is -2.16. The van der Waals surface area contributed by atoms with Crippen LogP contribution in [0.2, 0.25) is 0 Å². The lowest BCUT2D eigenvalue weighted by atomic mass is 10.1. The second kappa shape index (κ2) is 8.26. The lowest BCUT2D eigenvalue weighted by Gasteiger charge is -2.22. The Balaban J connectivity index is 1.77. The Morgan fingerprint density at radius 2 is 1.83 bits per heavy atom. The maximum absolute atomic E-state index is 12.9. The van der Waals surface area contributed by atoms with Crippen molar-refractivity contribution in [3.8, 4) is 5.75 Å². The monoisotopic (exact) mass is 446 g/mol. The largest absolute Gasteiger partial charge is 0.573 e. The van der Waals surface area contributed by atoms with E-state index in [2.05, 4.69) is 9.72 Å². The second-order valence-corrected chi connectivity index (χ2v) is 8.72. The minimum absolute atomic E-state index is 0.00594. The number of imidazole rings is 1. The number of hydrogen-bond acceptors (Lipinski definition) is 5. The van der Waals surface area contributed by atoms with Gasteiger partial charge in [-0.3, -0.25) is 4.79 Å². The third kappa shape index (κ3) is 4.75. The molecule has 3 rings (SSSR count). The number of para-hydroxylation sites is 1. The third-order valence-electron chi connectivity index (χ3n) is 4.78. The Labute approximate surface area is 171 Å². The number of aryl methyl sites for hydroxylation is 2. The smallest absolute Gasteiger partial charge is 0.405 e.